The molecule has 6 nitrogen and oxygen atoms in total. The Kier molecular flexibility index (Phi) is 6.04. The van der Waals surface area contributed by atoms with Crippen molar-refractivity contribution >= 4 is 40.3 Å². The zero-order valence-corrected chi connectivity index (χ0v) is 17.2. The van der Waals surface area contributed by atoms with Crippen LogP contribution >= 0.6 is 11.8 Å². The molecular formula is C21H24N4O2S. The van der Waals surface area contributed by atoms with E-state index in [1.807, 2.05) is 57.2 Å². The third-order valence-electron chi connectivity index (χ3n) is 4.44. The summed E-state index contributed by atoms with van der Waals surface area (Å²) in [5.41, 5.74) is 5.74. The molecule has 1 atom stereocenters. The molecule has 0 aliphatic heterocycles. The van der Waals surface area contributed by atoms with Gasteiger partial charge >= 0.3 is 0 Å². The maximum atomic E-state index is 12.4. The predicted octanol–water partition coefficient (Wildman–Crippen LogP) is 3.72. The number of benzene rings is 2. The van der Waals surface area contributed by atoms with Crippen LogP contribution < -0.4 is 10.6 Å². The fourth-order valence-electron chi connectivity index (χ4n) is 2.88. The first-order chi connectivity index (χ1) is 13.3. The van der Waals surface area contributed by atoms with E-state index >= 15 is 0 Å². The Labute approximate surface area is 168 Å². The van der Waals surface area contributed by atoms with Gasteiger partial charge in [-0.05, 0) is 56.5 Å². The van der Waals surface area contributed by atoms with E-state index in [0.29, 0.717) is 5.16 Å². The fraction of sp³-hybridized carbons (Fsp3) is 0.286. The number of aromatic amines is 1. The van der Waals surface area contributed by atoms with Crippen molar-refractivity contribution in [3.8, 4) is 0 Å². The number of imidazole rings is 1. The molecule has 0 radical (unpaired) electrons. The van der Waals surface area contributed by atoms with Gasteiger partial charge in [-0.2, -0.15) is 0 Å². The topological polar surface area (TPSA) is 86.9 Å². The van der Waals surface area contributed by atoms with E-state index in [0.717, 1.165) is 33.4 Å². The quantitative estimate of drug-likeness (QED) is 0.554. The van der Waals surface area contributed by atoms with Crippen molar-refractivity contribution < 1.29 is 9.59 Å². The molecule has 0 bridgehead atoms. The summed E-state index contributed by atoms with van der Waals surface area (Å²) in [5, 5.41) is 5.86. The maximum Gasteiger partial charge on any atom is 0.243 e. The van der Waals surface area contributed by atoms with Gasteiger partial charge in [-0.15, -0.1) is 0 Å². The summed E-state index contributed by atoms with van der Waals surface area (Å²) in [5.74, 6) is -0.458. The van der Waals surface area contributed by atoms with Crippen LogP contribution in [0.1, 0.15) is 23.6 Å². The number of amides is 2. The standard InChI is InChI=1S/C21H24N4O2S/c1-12-8-9-16-17(10-12)24-21(23-16)28-15(4)20(27)22-11-18(26)25-19-13(2)6-5-7-14(19)3/h5-10,15H,11H2,1-4H3,(H,22,27)(H,23,24)(H,25,26). The summed E-state index contributed by atoms with van der Waals surface area (Å²) in [6, 6.07) is 11.8. The van der Waals surface area contributed by atoms with Gasteiger partial charge in [-0.1, -0.05) is 36.0 Å². The Morgan fingerprint density at radius 3 is 2.57 bits per heavy atom. The van der Waals surface area contributed by atoms with Gasteiger partial charge in [-0.25, -0.2) is 4.98 Å². The van der Waals surface area contributed by atoms with E-state index in [-0.39, 0.29) is 23.6 Å². The van der Waals surface area contributed by atoms with Crippen LogP contribution in [0, 0.1) is 20.8 Å². The highest BCUT2D eigenvalue weighted by molar-refractivity contribution is 8.00. The molecule has 0 aliphatic rings. The summed E-state index contributed by atoms with van der Waals surface area (Å²) >= 11 is 1.33. The Morgan fingerprint density at radius 2 is 1.86 bits per heavy atom. The molecule has 0 aliphatic carbocycles. The molecule has 0 fully saturated rings. The van der Waals surface area contributed by atoms with Gasteiger partial charge in [0.05, 0.1) is 22.8 Å². The van der Waals surface area contributed by atoms with E-state index in [4.69, 9.17) is 0 Å². The fourth-order valence-corrected chi connectivity index (χ4v) is 3.73. The van der Waals surface area contributed by atoms with Crippen LogP contribution in [0.3, 0.4) is 0 Å². The summed E-state index contributed by atoms with van der Waals surface area (Å²) < 4.78 is 0. The summed E-state index contributed by atoms with van der Waals surface area (Å²) in [6.07, 6.45) is 0. The number of para-hydroxylation sites is 1. The van der Waals surface area contributed by atoms with Crippen LogP contribution in [0.25, 0.3) is 11.0 Å². The molecule has 1 heterocycles. The third kappa shape index (κ3) is 4.72. The Balaban J connectivity index is 1.54. The van der Waals surface area contributed by atoms with Crippen LogP contribution in [0.15, 0.2) is 41.6 Å². The lowest BCUT2D eigenvalue weighted by Gasteiger charge is -2.13. The van der Waals surface area contributed by atoms with Gasteiger partial charge in [0.15, 0.2) is 5.16 Å². The monoisotopic (exact) mass is 396 g/mol. The number of H-pyrrole nitrogens is 1. The second-order valence-electron chi connectivity index (χ2n) is 6.86. The second kappa shape index (κ2) is 8.48. The number of fused-ring (bicyclic) bond motifs is 1. The Bertz CT molecular complexity index is 1010. The van der Waals surface area contributed by atoms with Crippen molar-refractivity contribution in [2.75, 3.05) is 11.9 Å². The van der Waals surface area contributed by atoms with Gasteiger partial charge in [0.2, 0.25) is 11.8 Å². The molecule has 1 unspecified atom stereocenters. The molecule has 0 spiro atoms. The number of aromatic nitrogens is 2. The van der Waals surface area contributed by atoms with Crippen LogP contribution in [-0.2, 0) is 9.59 Å². The highest BCUT2D eigenvalue weighted by Gasteiger charge is 2.17. The lowest BCUT2D eigenvalue weighted by Crippen LogP contribution is -2.37. The van der Waals surface area contributed by atoms with Gasteiger partial charge in [0, 0.05) is 5.69 Å². The Morgan fingerprint density at radius 1 is 1.14 bits per heavy atom. The first-order valence-corrected chi connectivity index (χ1v) is 9.98. The number of anilines is 1. The average Bonchev–Trinajstić information content (AvgIpc) is 3.04. The van der Waals surface area contributed by atoms with Crippen LogP contribution in [-0.4, -0.2) is 33.6 Å². The minimum Gasteiger partial charge on any atom is -0.346 e. The minimum atomic E-state index is -0.380. The molecule has 146 valence electrons. The highest BCUT2D eigenvalue weighted by atomic mass is 32.2. The number of hydrogen-bond acceptors (Lipinski definition) is 4. The van der Waals surface area contributed by atoms with Gasteiger partial charge in [0.1, 0.15) is 0 Å². The zero-order chi connectivity index (χ0) is 20.3. The van der Waals surface area contributed by atoms with Crippen LogP contribution in [0.5, 0.6) is 0 Å². The smallest absolute Gasteiger partial charge is 0.243 e. The number of nitrogens with one attached hydrogen (secondary N) is 3. The molecule has 0 saturated heterocycles. The number of thioether (sulfide) groups is 1. The highest BCUT2D eigenvalue weighted by Crippen LogP contribution is 2.24. The molecule has 2 amide bonds. The normalized spacial score (nSPS) is 12.0. The number of nitrogens with zero attached hydrogens (tertiary/aromatic N) is 1. The lowest BCUT2D eigenvalue weighted by molar-refractivity contribution is -0.123. The summed E-state index contributed by atoms with van der Waals surface area (Å²) in [4.78, 5) is 32.3. The molecule has 3 aromatic rings. The third-order valence-corrected chi connectivity index (χ3v) is 5.43. The van der Waals surface area contributed by atoms with Crippen molar-refractivity contribution in [1.29, 1.82) is 0 Å². The van der Waals surface area contributed by atoms with Crippen LogP contribution in [0.4, 0.5) is 5.69 Å². The number of aryl methyl sites for hydroxylation is 3. The summed E-state index contributed by atoms with van der Waals surface area (Å²) in [7, 11) is 0. The van der Waals surface area contributed by atoms with E-state index in [1.165, 1.54) is 11.8 Å². The first-order valence-electron chi connectivity index (χ1n) is 9.10. The van der Waals surface area contributed by atoms with Gasteiger partial charge in [0.25, 0.3) is 0 Å². The zero-order valence-electron chi connectivity index (χ0n) is 16.4. The van der Waals surface area contributed by atoms with Crippen molar-refractivity contribution in [1.82, 2.24) is 15.3 Å². The molecule has 3 N–H and O–H groups in total. The SMILES string of the molecule is Cc1ccc2nc(SC(C)C(=O)NCC(=O)Nc3c(C)cccc3C)[nH]c2c1. The molecule has 28 heavy (non-hydrogen) atoms. The molecule has 7 heteroatoms. The number of hydrogen-bond donors (Lipinski definition) is 3. The van der Waals surface area contributed by atoms with Crippen molar-refractivity contribution in [3.63, 3.8) is 0 Å². The molecule has 3 rings (SSSR count). The summed E-state index contributed by atoms with van der Waals surface area (Å²) in [6.45, 7) is 7.62. The van der Waals surface area contributed by atoms with Gasteiger partial charge < -0.3 is 15.6 Å². The number of carbonyl (C=O) groups is 2. The van der Waals surface area contributed by atoms with Crippen molar-refractivity contribution in [3.05, 3.63) is 53.1 Å². The molecule has 0 saturated carbocycles. The molecular weight excluding hydrogens is 372 g/mol. The average molecular weight is 397 g/mol. The first kappa shape index (κ1) is 19.9. The predicted molar refractivity (Wildman–Crippen MR) is 114 cm³/mol. The number of carbonyl (C=O) groups excluding carboxylic acids is 2. The van der Waals surface area contributed by atoms with E-state index < -0.39 is 0 Å². The maximum absolute atomic E-state index is 12.4. The lowest BCUT2D eigenvalue weighted by atomic mass is 10.1. The van der Waals surface area contributed by atoms with Gasteiger partial charge in [-0.3, -0.25) is 9.59 Å². The van der Waals surface area contributed by atoms with E-state index in [9.17, 15) is 9.59 Å². The number of rotatable bonds is 6. The molecule has 1 aromatic heterocycles. The van der Waals surface area contributed by atoms with E-state index in [1.54, 1.807) is 6.92 Å². The van der Waals surface area contributed by atoms with Crippen molar-refractivity contribution in [2.24, 2.45) is 0 Å². The Hall–Kier alpha value is -2.80. The van der Waals surface area contributed by atoms with E-state index in [2.05, 4.69) is 20.6 Å². The van der Waals surface area contributed by atoms with Crippen LogP contribution in [0.2, 0.25) is 0 Å². The molecule has 2 aromatic carbocycles. The largest absolute Gasteiger partial charge is 0.346 e. The van der Waals surface area contributed by atoms with Crippen molar-refractivity contribution in [2.45, 2.75) is 38.1 Å². The minimum absolute atomic E-state index is 0.0726. The second-order valence-corrected chi connectivity index (χ2v) is 8.18.